The third-order valence-corrected chi connectivity index (χ3v) is 0.201. The van der Waals surface area contributed by atoms with Gasteiger partial charge in [-0.2, -0.15) is 0 Å². The predicted octanol–water partition coefficient (Wildman–Crippen LogP) is -1.08. The number of nitrogens with one attached hydrogen (secondary N) is 1. The zero-order valence-electron chi connectivity index (χ0n) is 7.83. The van der Waals surface area contributed by atoms with Gasteiger partial charge in [0, 0.05) is 7.11 Å². The number of aliphatic hydroxyl groups is 1. The fraction of sp³-hybridized carbons (Fsp3) is 0.429. The molecule has 0 fully saturated rings. The largest absolute Gasteiger partial charge is 0.400 e. The van der Waals surface area contributed by atoms with E-state index in [1.807, 2.05) is 20.9 Å². The van der Waals surface area contributed by atoms with Crippen LogP contribution in [-0.4, -0.2) is 39.0 Å². The van der Waals surface area contributed by atoms with Gasteiger partial charge in [-0.25, -0.2) is 0 Å². The Morgan fingerprint density at radius 3 is 1.50 bits per heavy atom. The molecule has 0 aliphatic carbocycles. The van der Waals surface area contributed by atoms with Crippen molar-refractivity contribution in [3.63, 3.8) is 0 Å². The van der Waals surface area contributed by atoms with Crippen LogP contribution in [0.4, 0.5) is 0 Å². The maximum absolute atomic E-state index is 9.47. The van der Waals surface area contributed by atoms with Crippen LogP contribution in [0, 0.1) is 0 Å². The molecule has 0 unspecified atom stereocenters. The van der Waals surface area contributed by atoms with Gasteiger partial charge in [0.2, 0.25) is 5.91 Å². The minimum atomic E-state index is -0.481. The van der Waals surface area contributed by atoms with Crippen molar-refractivity contribution in [3.05, 3.63) is 12.7 Å². The van der Waals surface area contributed by atoms with Crippen molar-refractivity contribution in [3.8, 4) is 0 Å². The molecule has 4 N–H and O–H groups in total. The number of hydrogen-bond donors (Lipinski definition) is 3. The van der Waals surface area contributed by atoms with Crippen LogP contribution >= 0.6 is 0 Å². The SMILES string of the molecule is C=CC(N)=O.C=O.CNC.CO. The number of carbonyl (C=O) groups excluding carboxylic acids is 2. The van der Waals surface area contributed by atoms with Crippen LogP contribution in [-0.2, 0) is 9.59 Å². The molecular weight excluding hydrogens is 160 g/mol. The Hall–Kier alpha value is -1.20. The van der Waals surface area contributed by atoms with Crippen molar-refractivity contribution >= 4 is 12.7 Å². The molecule has 5 heteroatoms. The zero-order valence-corrected chi connectivity index (χ0v) is 7.83. The maximum Gasteiger partial charge on any atom is 0.240 e. The molecule has 0 aromatic carbocycles. The quantitative estimate of drug-likeness (QED) is 0.445. The highest BCUT2D eigenvalue weighted by molar-refractivity contribution is 5.84. The molecule has 0 spiro atoms. The number of hydrogen-bond acceptors (Lipinski definition) is 4. The standard InChI is InChI=1S/C3H5NO.C2H7N.CH4O.CH2O/c1-2-3(4)5;1-3-2;2*1-2/h2H,1H2,(H2,4,5);3H,1-2H3;2H,1H3;1H2. The molecule has 0 aromatic rings. The average molecular weight is 178 g/mol. The van der Waals surface area contributed by atoms with Crippen molar-refractivity contribution in [2.24, 2.45) is 5.73 Å². The molecule has 1 amide bonds. The summed E-state index contributed by atoms with van der Waals surface area (Å²) in [5, 5.41) is 9.75. The first-order valence-corrected chi connectivity index (χ1v) is 2.93. The van der Waals surface area contributed by atoms with Gasteiger partial charge in [0.05, 0.1) is 0 Å². The van der Waals surface area contributed by atoms with Gasteiger partial charge < -0.3 is 21.0 Å². The van der Waals surface area contributed by atoms with Crippen LogP contribution in [0.15, 0.2) is 12.7 Å². The van der Waals surface area contributed by atoms with E-state index in [1.54, 1.807) is 0 Å². The van der Waals surface area contributed by atoms with E-state index in [0.29, 0.717) is 0 Å². The number of rotatable bonds is 1. The summed E-state index contributed by atoms with van der Waals surface area (Å²) < 4.78 is 0. The number of aliphatic hydroxyl groups excluding tert-OH is 1. The Kier molecular flexibility index (Phi) is 98.2. The highest BCUT2D eigenvalue weighted by Gasteiger charge is 1.69. The lowest BCUT2D eigenvalue weighted by atomic mass is 10.6. The van der Waals surface area contributed by atoms with E-state index in [4.69, 9.17) is 9.90 Å². The zero-order chi connectivity index (χ0) is 11.0. The highest BCUT2D eigenvalue weighted by atomic mass is 16.2. The molecule has 74 valence electrons. The van der Waals surface area contributed by atoms with Gasteiger partial charge in [0.1, 0.15) is 6.79 Å². The lowest BCUT2D eigenvalue weighted by molar-refractivity contribution is -0.113. The summed E-state index contributed by atoms with van der Waals surface area (Å²) >= 11 is 0. The van der Waals surface area contributed by atoms with Crippen LogP contribution in [0.3, 0.4) is 0 Å². The maximum atomic E-state index is 9.47. The Morgan fingerprint density at radius 2 is 1.50 bits per heavy atom. The number of amides is 1. The third kappa shape index (κ3) is 837. The van der Waals surface area contributed by atoms with E-state index in [-0.39, 0.29) is 0 Å². The molecular formula is C7H18N2O3. The molecule has 0 aromatic heterocycles. The summed E-state index contributed by atoms with van der Waals surface area (Å²) in [4.78, 5) is 17.5. The lowest BCUT2D eigenvalue weighted by Gasteiger charge is -1.65. The van der Waals surface area contributed by atoms with Gasteiger partial charge in [0.25, 0.3) is 0 Å². The smallest absolute Gasteiger partial charge is 0.240 e. The van der Waals surface area contributed by atoms with E-state index < -0.39 is 5.91 Å². The first-order valence-electron chi connectivity index (χ1n) is 2.93. The molecule has 5 nitrogen and oxygen atoms in total. The van der Waals surface area contributed by atoms with Gasteiger partial charge in [-0.3, -0.25) is 4.79 Å². The van der Waals surface area contributed by atoms with Crippen molar-refractivity contribution in [1.82, 2.24) is 5.32 Å². The second-order valence-electron chi connectivity index (χ2n) is 1.11. The molecule has 0 aliphatic heterocycles. The van der Waals surface area contributed by atoms with Crippen molar-refractivity contribution < 1.29 is 14.7 Å². The van der Waals surface area contributed by atoms with Crippen LogP contribution in [0.25, 0.3) is 0 Å². The first-order chi connectivity index (χ1) is 5.68. The Balaban J connectivity index is -0.0000000397. The van der Waals surface area contributed by atoms with Crippen LogP contribution in [0.5, 0.6) is 0 Å². The van der Waals surface area contributed by atoms with Gasteiger partial charge in [-0.15, -0.1) is 0 Å². The summed E-state index contributed by atoms with van der Waals surface area (Å²) in [6.07, 6.45) is 1.06. The van der Waals surface area contributed by atoms with Crippen LogP contribution in [0.2, 0.25) is 0 Å². The third-order valence-electron chi connectivity index (χ3n) is 0.201. The number of nitrogens with two attached hydrogens (primary N) is 1. The molecule has 0 saturated heterocycles. The van der Waals surface area contributed by atoms with Crippen molar-refractivity contribution in [2.75, 3.05) is 21.2 Å². The van der Waals surface area contributed by atoms with E-state index >= 15 is 0 Å². The monoisotopic (exact) mass is 178 g/mol. The summed E-state index contributed by atoms with van der Waals surface area (Å²) in [5.41, 5.74) is 4.53. The van der Waals surface area contributed by atoms with Crippen molar-refractivity contribution in [1.29, 1.82) is 0 Å². The van der Waals surface area contributed by atoms with Gasteiger partial charge in [-0.05, 0) is 20.2 Å². The second kappa shape index (κ2) is 52.6. The van der Waals surface area contributed by atoms with Crippen molar-refractivity contribution in [2.45, 2.75) is 0 Å². The summed E-state index contributed by atoms with van der Waals surface area (Å²) in [6, 6.07) is 0. The second-order valence-corrected chi connectivity index (χ2v) is 1.11. The molecule has 0 heterocycles. The normalized spacial score (nSPS) is 5.00. The summed E-state index contributed by atoms with van der Waals surface area (Å²) in [6.45, 7) is 5.09. The molecule has 12 heavy (non-hydrogen) atoms. The number of carbonyl (C=O) groups is 2. The molecule has 0 bridgehead atoms. The van der Waals surface area contributed by atoms with E-state index in [0.717, 1.165) is 13.2 Å². The highest BCUT2D eigenvalue weighted by Crippen LogP contribution is 1.48. The summed E-state index contributed by atoms with van der Waals surface area (Å²) in [7, 11) is 4.75. The topological polar surface area (TPSA) is 92.4 Å². The van der Waals surface area contributed by atoms with Gasteiger partial charge >= 0.3 is 0 Å². The fourth-order valence-corrected chi connectivity index (χ4v) is 0. The Labute approximate surface area is 73.3 Å². The summed E-state index contributed by atoms with van der Waals surface area (Å²) in [5.74, 6) is -0.481. The molecule has 0 rings (SSSR count). The number of primary amides is 1. The lowest BCUT2D eigenvalue weighted by Crippen LogP contribution is -2.04. The predicted molar refractivity (Wildman–Crippen MR) is 49.6 cm³/mol. The van der Waals surface area contributed by atoms with E-state index in [2.05, 4.69) is 17.6 Å². The fourth-order valence-electron chi connectivity index (χ4n) is 0. The minimum Gasteiger partial charge on any atom is -0.400 e. The first kappa shape index (κ1) is 22.4. The van der Waals surface area contributed by atoms with Crippen LogP contribution < -0.4 is 11.1 Å². The van der Waals surface area contributed by atoms with E-state index in [9.17, 15) is 4.79 Å². The molecule has 0 radical (unpaired) electrons. The van der Waals surface area contributed by atoms with Gasteiger partial charge in [0.15, 0.2) is 0 Å². The molecule has 0 atom stereocenters. The molecule has 0 aliphatic rings. The minimum absolute atomic E-state index is 0.481. The Bertz CT molecular complexity index is 86.7. The van der Waals surface area contributed by atoms with Crippen LogP contribution in [0.1, 0.15) is 0 Å². The van der Waals surface area contributed by atoms with Gasteiger partial charge in [-0.1, -0.05) is 6.58 Å². The Morgan fingerprint density at radius 1 is 1.42 bits per heavy atom. The van der Waals surface area contributed by atoms with E-state index in [1.165, 1.54) is 0 Å². The average Bonchev–Trinajstić information content (AvgIpc) is 2.13. The molecule has 0 saturated carbocycles.